The van der Waals surface area contributed by atoms with Gasteiger partial charge in [-0.05, 0) is 44.4 Å². The fourth-order valence-corrected chi connectivity index (χ4v) is 5.18. The molecule has 2 fully saturated rings. The molecule has 0 radical (unpaired) electrons. The van der Waals surface area contributed by atoms with Crippen LogP contribution in [-0.4, -0.2) is 41.2 Å². The van der Waals surface area contributed by atoms with Crippen molar-refractivity contribution in [3.63, 3.8) is 0 Å². The van der Waals surface area contributed by atoms with E-state index >= 15 is 0 Å². The van der Waals surface area contributed by atoms with Crippen molar-refractivity contribution in [2.24, 2.45) is 5.92 Å². The molecule has 0 spiro atoms. The highest BCUT2D eigenvalue weighted by molar-refractivity contribution is 5.78. The first-order valence-electron chi connectivity index (χ1n) is 11.1. The molecule has 6 nitrogen and oxygen atoms in total. The van der Waals surface area contributed by atoms with Crippen LogP contribution >= 0.6 is 0 Å². The number of fused-ring (bicyclic) bond motifs is 1. The molecule has 1 saturated heterocycles. The second-order valence-corrected chi connectivity index (χ2v) is 8.45. The van der Waals surface area contributed by atoms with Gasteiger partial charge in [0.05, 0.1) is 31.6 Å². The normalized spacial score (nSPS) is 26.7. The maximum Gasteiger partial charge on any atom is 0.234 e. The molecule has 1 aromatic heterocycles. The first kappa shape index (κ1) is 20.9. The number of likely N-dealkylation sites (tertiary alicyclic amines) is 1. The predicted octanol–water partition coefficient (Wildman–Crippen LogP) is 3.66. The Hall–Kier alpha value is -2.31. The molecule has 4 rings (SSSR count). The molecule has 1 saturated carbocycles. The van der Waals surface area contributed by atoms with Crippen LogP contribution < -0.4 is 10.1 Å². The van der Waals surface area contributed by atoms with Crippen LogP contribution in [0.25, 0.3) is 0 Å². The van der Waals surface area contributed by atoms with E-state index in [1.165, 1.54) is 0 Å². The van der Waals surface area contributed by atoms with Gasteiger partial charge in [-0.25, -0.2) is 0 Å². The molecule has 2 heterocycles. The summed E-state index contributed by atoms with van der Waals surface area (Å²) in [5.74, 6) is 1.65. The molecule has 1 amide bonds. The monoisotopic (exact) mass is 412 g/mol. The van der Waals surface area contributed by atoms with Gasteiger partial charge in [0.15, 0.2) is 0 Å². The average molecular weight is 413 g/mol. The van der Waals surface area contributed by atoms with Gasteiger partial charge in [-0.3, -0.25) is 9.69 Å². The van der Waals surface area contributed by atoms with E-state index in [1.54, 1.807) is 6.26 Å². The number of nitrogens with zero attached hydrogens (tertiary/aromatic N) is 1. The molecule has 1 aliphatic carbocycles. The molecule has 2 N–H and O–H groups in total. The van der Waals surface area contributed by atoms with E-state index < -0.39 is 5.60 Å². The maximum absolute atomic E-state index is 12.7. The van der Waals surface area contributed by atoms with E-state index in [0.29, 0.717) is 32.7 Å². The van der Waals surface area contributed by atoms with Gasteiger partial charge in [0.25, 0.3) is 0 Å². The summed E-state index contributed by atoms with van der Waals surface area (Å²) in [5, 5.41) is 14.4. The van der Waals surface area contributed by atoms with Crippen LogP contribution in [0.5, 0.6) is 5.75 Å². The Bertz CT molecular complexity index is 837. The highest BCUT2D eigenvalue weighted by Crippen LogP contribution is 2.50. The van der Waals surface area contributed by atoms with E-state index in [9.17, 15) is 9.90 Å². The van der Waals surface area contributed by atoms with E-state index in [4.69, 9.17) is 9.15 Å². The highest BCUT2D eigenvalue weighted by Gasteiger charge is 2.49. The predicted molar refractivity (Wildman–Crippen MR) is 114 cm³/mol. The molecule has 6 heteroatoms. The van der Waals surface area contributed by atoms with Crippen LogP contribution in [0, 0.1) is 5.92 Å². The van der Waals surface area contributed by atoms with Crippen molar-refractivity contribution in [1.29, 1.82) is 0 Å². The molecule has 30 heavy (non-hydrogen) atoms. The zero-order valence-electron chi connectivity index (χ0n) is 17.7. The average Bonchev–Trinajstić information content (AvgIpc) is 3.27. The molecular formula is C24H32N2O4. The summed E-state index contributed by atoms with van der Waals surface area (Å²) in [6.07, 6.45) is 6.29. The van der Waals surface area contributed by atoms with Crippen molar-refractivity contribution in [2.75, 3.05) is 19.7 Å². The van der Waals surface area contributed by atoms with Gasteiger partial charge < -0.3 is 19.6 Å². The highest BCUT2D eigenvalue weighted by atomic mass is 16.5. The van der Waals surface area contributed by atoms with Crippen molar-refractivity contribution in [3.05, 3.63) is 54.0 Å². The summed E-state index contributed by atoms with van der Waals surface area (Å²) in [6, 6.07) is 11.7. The van der Waals surface area contributed by atoms with Crippen molar-refractivity contribution in [3.8, 4) is 5.75 Å². The van der Waals surface area contributed by atoms with Crippen molar-refractivity contribution >= 4 is 5.91 Å². The number of piperidine rings is 1. The quantitative estimate of drug-likeness (QED) is 0.726. The number of hydrogen-bond acceptors (Lipinski definition) is 5. The SMILES string of the molecule is CCOc1ccccc1[C@H]1[C@@H]2CCCC[C@@]2(O)CCN1CC(=O)NCc1ccco1. The fraction of sp³-hybridized carbons (Fsp3) is 0.542. The van der Waals surface area contributed by atoms with Crippen LogP contribution in [0.2, 0.25) is 0 Å². The van der Waals surface area contributed by atoms with Gasteiger partial charge in [0, 0.05) is 24.1 Å². The Kier molecular flexibility index (Phi) is 6.44. The van der Waals surface area contributed by atoms with E-state index in [2.05, 4.69) is 16.3 Å². The van der Waals surface area contributed by atoms with E-state index in [1.807, 2.05) is 37.3 Å². The number of rotatable bonds is 7. The number of aliphatic hydroxyl groups is 1. The van der Waals surface area contributed by atoms with Gasteiger partial charge in [0.2, 0.25) is 5.91 Å². The van der Waals surface area contributed by atoms with Crippen molar-refractivity contribution < 1.29 is 19.1 Å². The lowest BCUT2D eigenvalue weighted by Crippen LogP contribution is -2.56. The van der Waals surface area contributed by atoms with Crippen LogP contribution in [0.3, 0.4) is 0 Å². The van der Waals surface area contributed by atoms with Crippen LogP contribution in [-0.2, 0) is 11.3 Å². The van der Waals surface area contributed by atoms with Gasteiger partial charge in [0.1, 0.15) is 11.5 Å². The largest absolute Gasteiger partial charge is 0.494 e. The van der Waals surface area contributed by atoms with Gasteiger partial charge >= 0.3 is 0 Å². The number of ether oxygens (including phenoxy) is 1. The molecule has 2 aromatic rings. The summed E-state index contributed by atoms with van der Waals surface area (Å²) < 4.78 is 11.2. The Morgan fingerprint density at radius 1 is 1.27 bits per heavy atom. The summed E-state index contributed by atoms with van der Waals surface area (Å²) in [7, 11) is 0. The third-order valence-electron chi connectivity index (χ3n) is 6.60. The zero-order chi connectivity index (χ0) is 21.0. The Balaban J connectivity index is 1.57. The Labute approximate surface area is 178 Å². The lowest BCUT2D eigenvalue weighted by Gasteiger charge is -2.52. The first-order valence-corrected chi connectivity index (χ1v) is 11.1. The number of nitrogens with one attached hydrogen (secondary N) is 1. The summed E-state index contributed by atoms with van der Waals surface area (Å²) in [4.78, 5) is 15.0. The van der Waals surface area contributed by atoms with Crippen LogP contribution in [0.15, 0.2) is 47.1 Å². The van der Waals surface area contributed by atoms with Gasteiger partial charge in [-0.2, -0.15) is 0 Å². The van der Waals surface area contributed by atoms with Crippen LogP contribution in [0.4, 0.5) is 0 Å². The molecule has 2 aliphatic rings. The summed E-state index contributed by atoms with van der Waals surface area (Å²) in [5.41, 5.74) is 0.409. The second kappa shape index (κ2) is 9.23. The fourth-order valence-electron chi connectivity index (χ4n) is 5.18. The number of para-hydroxylation sites is 1. The number of carbonyl (C=O) groups is 1. The number of amides is 1. The van der Waals surface area contributed by atoms with E-state index in [-0.39, 0.29) is 17.9 Å². The minimum absolute atomic E-state index is 0.0356. The van der Waals surface area contributed by atoms with Gasteiger partial charge in [-0.1, -0.05) is 31.0 Å². The molecule has 0 bridgehead atoms. The van der Waals surface area contributed by atoms with E-state index in [0.717, 1.165) is 42.8 Å². The maximum atomic E-state index is 12.7. The minimum Gasteiger partial charge on any atom is -0.494 e. The van der Waals surface area contributed by atoms with Crippen LogP contribution in [0.1, 0.15) is 56.4 Å². The lowest BCUT2D eigenvalue weighted by atomic mass is 9.66. The topological polar surface area (TPSA) is 74.9 Å². The standard InChI is InChI=1S/C24H32N2O4/c1-2-29-21-11-4-3-9-19(21)23-20-10-5-6-12-24(20,28)13-14-26(23)17-22(27)25-16-18-8-7-15-30-18/h3-4,7-9,11,15,20,23,28H,2,5-6,10,12-14,16-17H2,1H3,(H,25,27)/t20-,23-,24+/m0/s1. The second-order valence-electron chi connectivity index (χ2n) is 8.45. The Morgan fingerprint density at radius 2 is 2.13 bits per heavy atom. The lowest BCUT2D eigenvalue weighted by molar-refractivity contribution is -0.138. The number of benzene rings is 1. The minimum atomic E-state index is -0.663. The van der Waals surface area contributed by atoms with Gasteiger partial charge in [-0.15, -0.1) is 0 Å². The summed E-state index contributed by atoms with van der Waals surface area (Å²) >= 11 is 0. The zero-order valence-corrected chi connectivity index (χ0v) is 17.7. The smallest absolute Gasteiger partial charge is 0.234 e. The molecule has 0 unspecified atom stereocenters. The Morgan fingerprint density at radius 3 is 2.93 bits per heavy atom. The third-order valence-corrected chi connectivity index (χ3v) is 6.60. The molecule has 162 valence electrons. The third kappa shape index (κ3) is 4.40. The molecule has 3 atom stereocenters. The molecule has 1 aliphatic heterocycles. The molecule has 1 aromatic carbocycles. The van der Waals surface area contributed by atoms with Crippen molar-refractivity contribution in [1.82, 2.24) is 10.2 Å². The number of furan rings is 1. The molecular weight excluding hydrogens is 380 g/mol. The summed E-state index contributed by atoms with van der Waals surface area (Å²) in [6.45, 7) is 3.93. The number of hydrogen-bond donors (Lipinski definition) is 2. The van der Waals surface area contributed by atoms with Crippen molar-refractivity contribution in [2.45, 2.75) is 57.2 Å². The number of carbonyl (C=O) groups excluding carboxylic acids is 1. The first-order chi connectivity index (χ1) is 14.6.